The van der Waals surface area contributed by atoms with Gasteiger partial charge in [0, 0.05) is 63.9 Å². The van der Waals surface area contributed by atoms with Crippen molar-refractivity contribution < 1.29 is 28.7 Å². The van der Waals surface area contributed by atoms with Crippen LogP contribution in [0.25, 0.3) is 21.7 Å². The number of aryl methyl sites for hydroxylation is 1. The predicted molar refractivity (Wildman–Crippen MR) is 254 cm³/mol. The lowest BCUT2D eigenvalue weighted by molar-refractivity contribution is -0.141. The van der Waals surface area contributed by atoms with E-state index in [1.165, 1.54) is 4.90 Å². The summed E-state index contributed by atoms with van der Waals surface area (Å²) in [6.07, 6.45) is 1.63. The lowest BCUT2D eigenvalue weighted by atomic mass is 9.91. The third kappa shape index (κ3) is 9.89. The molecule has 0 aliphatic carbocycles. The molecule has 5 unspecified atom stereocenters. The Morgan fingerprint density at radius 2 is 1.80 bits per heavy atom. The summed E-state index contributed by atoms with van der Waals surface area (Å²) < 4.78 is 17.4. The number of para-hydroxylation sites is 1. The number of β-amino-alcohol motifs (C(OH)–C–C–N with tert-alkyl or cyclic N) is 1. The lowest BCUT2D eigenvalue weighted by Gasteiger charge is -2.47. The zero-order valence-corrected chi connectivity index (χ0v) is 39.4. The van der Waals surface area contributed by atoms with Crippen molar-refractivity contribution in [3.05, 3.63) is 83.2 Å². The number of carbonyl (C=O) groups is 2. The smallest absolute Gasteiger partial charge is 0.254 e. The number of rotatable bonds is 15. The minimum absolute atomic E-state index is 0.0676. The number of aliphatic hydroxyl groups is 1. The van der Waals surface area contributed by atoms with Crippen LogP contribution in [0.5, 0.6) is 11.6 Å². The first-order valence-electron chi connectivity index (χ1n) is 23.4. The van der Waals surface area contributed by atoms with Crippen LogP contribution in [0, 0.1) is 18.8 Å². The van der Waals surface area contributed by atoms with E-state index < -0.39 is 18.1 Å². The molecule has 0 saturated carbocycles. The number of hydrogen-bond donors (Lipinski definition) is 3. The number of methoxy groups -OCH3 is 1. The maximum Gasteiger partial charge on any atom is 0.254 e. The molecule has 4 aliphatic rings. The van der Waals surface area contributed by atoms with Crippen molar-refractivity contribution in [2.45, 2.75) is 77.1 Å². The first-order chi connectivity index (χ1) is 32.0. The van der Waals surface area contributed by atoms with Crippen LogP contribution in [-0.2, 0) is 9.59 Å². The van der Waals surface area contributed by atoms with Crippen LogP contribution in [0.1, 0.15) is 69.0 Å². The van der Waals surface area contributed by atoms with Gasteiger partial charge in [-0.25, -0.2) is 4.98 Å². The van der Waals surface area contributed by atoms with Crippen molar-refractivity contribution in [3.8, 4) is 33.3 Å². The molecule has 0 radical (unpaired) electrons. The molecule has 7 heterocycles. The van der Waals surface area contributed by atoms with E-state index in [0.29, 0.717) is 30.2 Å². The molecule has 5 atom stereocenters. The highest BCUT2D eigenvalue weighted by atomic mass is 32.1. The van der Waals surface area contributed by atoms with Crippen LogP contribution >= 0.6 is 11.3 Å². The number of amides is 2. The van der Waals surface area contributed by atoms with E-state index >= 15 is 0 Å². The highest BCUT2D eigenvalue weighted by Gasteiger charge is 2.44. The summed E-state index contributed by atoms with van der Waals surface area (Å²) >= 11 is 1.60. The average Bonchev–Trinajstić information content (AvgIpc) is 4.09. The van der Waals surface area contributed by atoms with Crippen molar-refractivity contribution in [3.63, 3.8) is 0 Å². The van der Waals surface area contributed by atoms with Gasteiger partial charge in [0.15, 0.2) is 11.6 Å². The third-order valence-corrected chi connectivity index (χ3v) is 14.8. The van der Waals surface area contributed by atoms with Gasteiger partial charge in [-0.2, -0.15) is 0 Å². The van der Waals surface area contributed by atoms with E-state index in [2.05, 4.69) is 51.7 Å². The first-order valence-corrected chi connectivity index (χ1v) is 24.3. The zero-order valence-electron chi connectivity index (χ0n) is 38.6. The van der Waals surface area contributed by atoms with E-state index in [1.807, 2.05) is 81.7 Å². The summed E-state index contributed by atoms with van der Waals surface area (Å²) in [5.41, 5.74) is 7.70. The quantitative estimate of drug-likeness (QED) is 0.114. The number of benzene rings is 2. The Labute approximate surface area is 390 Å². The second-order valence-electron chi connectivity index (χ2n) is 18.6. The van der Waals surface area contributed by atoms with Crippen LogP contribution in [0.4, 0.5) is 11.5 Å². The fourth-order valence-electron chi connectivity index (χ4n) is 10.1. The maximum atomic E-state index is 14.2. The van der Waals surface area contributed by atoms with E-state index in [4.69, 9.17) is 14.0 Å². The molecule has 4 aliphatic heterocycles. The molecule has 0 spiro atoms. The zero-order chi connectivity index (χ0) is 45.9. The Morgan fingerprint density at radius 1 is 1.00 bits per heavy atom. The van der Waals surface area contributed by atoms with E-state index in [9.17, 15) is 14.7 Å². The maximum absolute atomic E-state index is 14.2. The molecule has 9 rings (SSSR count). The van der Waals surface area contributed by atoms with Gasteiger partial charge in [0.1, 0.15) is 24.3 Å². The lowest BCUT2D eigenvalue weighted by Crippen LogP contribution is -2.58. The van der Waals surface area contributed by atoms with Crippen LogP contribution in [-0.4, -0.2) is 143 Å². The van der Waals surface area contributed by atoms with Crippen molar-refractivity contribution in [2.24, 2.45) is 11.8 Å². The summed E-state index contributed by atoms with van der Waals surface area (Å²) in [5, 5.41) is 30.6. The molecule has 3 aromatic heterocycles. The van der Waals surface area contributed by atoms with Crippen molar-refractivity contribution in [1.82, 2.24) is 40.4 Å². The van der Waals surface area contributed by atoms with Crippen LogP contribution in [0.2, 0.25) is 0 Å². The molecule has 5 aromatic rings. The van der Waals surface area contributed by atoms with Gasteiger partial charge in [0.05, 0.1) is 52.8 Å². The van der Waals surface area contributed by atoms with Gasteiger partial charge in [0.25, 0.3) is 5.88 Å². The third-order valence-electron chi connectivity index (χ3n) is 13.8. The number of ether oxygens (including phenoxy) is 2. The second-order valence-corrected chi connectivity index (χ2v) is 19.4. The molecule has 3 saturated heterocycles. The number of aliphatic hydroxyl groups excluding tert-OH is 1. The minimum Gasteiger partial charge on any atom is -0.496 e. The summed E-state index contributed by atoms with van der Waals surface area (Å²) in [5.74, 6) is 1.56. The topological polar surface area (TPSA) is 175 Å². The number of thiazole rings is 1. The highest BCUT2D eigenvalue weighted by Crippen LogP contribution is 2.37. The molecule has 3 N–H and O–H groups in total. The molecular formula is C49H62N10O6S. The van der Waals surface area contributed by atoms with Crippen LogP contribution in [0.3, 0.4) is 0 Å². The van der Waals surface area contributed by atoms with E-state index in [1.54, 1.807) is 24.5 Å². The summed E-state index contributed by atoms with van der Waals surface area (Å²) in [4.78, 5) is 42.5. The largest absolute Gasteiger partial charge is 0.496 e. The number of anilines is 2. The number of piperazine rings is 1. The average molecular weight is 919 g/mol. The fourth-order valence-corrected chi connectivity index (χ4v) is 11.0. The number of hydrogen-bond acceptors (Lipinski definition) is 15. The standard InChI is InChI=1S/C49H62N10O6S/c1-30(2)45(49(62)59-28-37(60)22-41(59)48(61)52-31(3)34-10-12-35(13-11-34)46-32(4)51-29-66-46)43-24-44(55-65-43)64-21-20-56-16-14-33(15-17-56)26-57-18-19-58-36(27-57)25-50-47-40(58)23-39(53-54-47)38-8-6-7-9-42(38)63-5/h6-13,23-24,29-31,33,36-37,41,45,60H,14-22,25-28H2,1-5H3,(H,50,54)(H,52,61). The monoisotopic (exact) mass is 918 g/mol. The molecule has 2 amide bonds. The number of fused-ring (bicyclic) bond motifs is 3. The Balaban J connectivity index is 0.725. The highest BCUT2D eigenvalue weighted by molar-refractivity contribution is 7.13. The van der Waals surface area contributed by atoms with Crippen molar-refractivity contribution in [1.29, 1.82) is 0 Å². The number of nitrogens with zero attached hydrogens (tertiary/aromatic N) is 8. The van der Waals surface area contributed by atoms with Gasteiger partial charge in [-0.15, -0.1) is 21.5 Å². The summed E-state index contributed by atoms with van der Waals surface area (Å²) in [6.45, 7) is 16.0. The first kappa shape index (κ1) is 45.5. The number of carbonyl (C=O) groups excluding carboxylic acids is 2. The predicted octanol–water partition coefficient (Wildman–Crippen LogP) is 5.86. The molecule has 350 valence electrons. The van der Waals surface area contributed by atoms with Gasteiger partial charge in [0.2, 0.25) is 11.8 Å². The molecule has 3 fully saturated rings. The summed E-state index contributed by atoms with van der Waals surface area (Å²) in [6, 6.07) is 19.1. The second kappa shape index (κ2) is 20.1. The molecule has 16 nitrogen and oxygen atoms in total. The Kier molecular flexibility index (Phi) is 13.9. The van der Waals surface area contributed by atoms with Crippen molar-refractivity contribution in [2.75, 3.05) is 82.8 Å². The van der Waals surface area contributed by atoms with Gasteiger partial charge in [-0.3, -0.25) is 19.4 Å². The van der Waals surface area contributed by atoms with Gasteiger partial charge in [-0.1, -0.05) is 50.2 Å². The molecule has 17 heteroatoms. The van der Waals surface area contributed by atoms with Crippen LogP contribution in [0.15, 0.2) is 70.7 Å². The number of likely N-dealkylation sites (tertiary alicyclic amines) is 2. The van der Waals surface area contributed by atoms with Gasteiger partial charge in [-0.05, 0) is 86.1 Å². The number of piperidine rings is 1. The number of nitrogens with one attached hydrogen (secondary N) is 2. The summed E-state index contributed by atoms with van der Waals surface area (Å²) in [7, 11) is 1.68. The molecule has 0 bridgehead atoms. The van der Waals surface area contributed by atoms with E-state index in [0.717, 1.165) is 115 Å². The van der Waals surface area contributed by atoms with Gasteiger partial charge >= 0.3 is 0 Å². The SMILES string of the molecule is COc1ccccc1-c1cc2c(nn1)NCC1CN(CC3CCN(CCOc4cc(C(C(=O)N5CC(O)CC5C(=O)NC(C)c5ccc(-c6scnc6C)cc5)C(C)C)on4)CC3)CCN21. The Hall–Kier alpha value is -5.62. The molecule has 2 aromatic carbocycles. The fraction of sp³-hybridized carbons (Fsp3) is 0.510. The number of aromatic nitrogens is 4. The van der Waals surface area contributed by atoms with E-state index in [-0.39, 0.29) is 36.7 Å². The molecule has 66 heavy (non-hydrogen) atoms. The van der Waals surface area contributed by atoms with Gasteiger partial charge < -0.3 is 39.5 Å². The van der Waals surface area contributed by atoms with Crippen molar-refractivity contribution >= 4 is 34.7 Å². The molecular weight excluding hydrogens is 857 g/mol. The Morgan fingerprint density at radius 3 is 2.56 bits per heavy atom. The van der Waals surface area contributed by atoms with Crippen LogP contribution < -0.4 is 25.0 Å². The normalized spacial score (nSPS) is 21.2. The minimum atomic E-state index is -0.814. The Bertz CT molecular complexity index is 2450.